The highest BCUT2D eigenvalue weighted by atomic mass is 16.4. The molecule has 230 valence electrons. The number of hydrogen-bond donors (Lipinski definition) is 4. The van der Waals surface area contributed by atoms with Crippen LogP contribution in [0.15, 0.2) is 24.3 Å². The van der Waals surface area contributed by atoms with Gasteiger partial charge in [-0.1, -0.05) is 45.0 Å². The van der Waals surface area contributed by atoms with Gasteiger partial charge in [0.2, 0.25) is 5.91 Å². The number of carboxylic acid groups (broad SMARTS) is 3. The number of benzene rings is 1. The molecule has 1 amide bonds. The van der Waals surface area contributed by atoms with E-state index in [-0.39, 0.29) is 43.7 Å². The van der Waals surface area contributed by atoms with Crippen molar-refractivity contribution >= 4 is 30.1 Å². The average Bonchev–Trinajstić information content (AvgIpc) is 2.91. The average molecular weight is 580 g/mol. The lowest BCUT2D eigenvalue weighted by Crippen LogP contribution is -2.49. The van der Waals surface area contributed by atoms with Crippen LogP contribution in [0.3, 0.4) is 0 Å². The number of Topliss-reactive ketones (excluding diaryl/α,β-unsaturated/α-hetero) is 1. The number of hydrogen-bond acceptors (Lipinski definition) is 9. The predicted molar refractivity (Wildman–Crippen MR) is 153 cm³/mol. The van der Waals surface area contributed by atoms with Gasteiger partial charge in [-0.15, -0.1) is 0 Å². The molecule has 1 aromatic rings. The molecule has 1 aliphatic rings. The van der Waals surface area contributed by atoms with Crippen LogP contribution in [-0.2, 0) is 25.7 Å². The van der Waals surface area contributed by atoms with Crippen LogP contribution in [0, 0.1) is 5.92 Å². The summed E-state index contributed by atoms with van der Waals surface area (Å²) in [4.78, 5) is 63.9. The molecule has 0 aliphatic carbocycles. The molecule has 4 N–H and O–H groups in total. The zero-order valence-electron chi connectivity index (χ0n) is 24.3. The molecule has 1 aromatic carbocycles. The van der Waals surface area contributed by atoms with Gasteiger partial charge in [0.05, 0.1) is 19.6 Å². The van der Waals surface area contributed by atoms with Crippen molar-refractivity contribution in [3.05, 3.63) is 35.4 Å². The molecule has 1 aliphatic heterocycles. The van der Waals surface area contributed by atoms with Crippen LogP contribution < -0.4 is 5.32 Å². The van der Waals surface area contributed by atoms with Crippen molar-refractivity contribution < 1.29 is 39.3 Å². The Morgan fingerprint density at radius 2 is 1.17 bits per heavy atom. The van der Waals surface area contributed by atoms with Gasteiger partial charge in [0, 0.05) is 70.4 Å². The molecule has 0 unspecified atom stereocenters. The highest BCUT2D eigenvalue weighted by molar-refractivity contribution is 5.97. The molecule has 0 aromatic heterocycles. The smallest absolute Gasteiger partial charge is 0.317 e. The number of amides is 1. The molecule has 0 atom stereocenters. The van der Waals surface area contributed by atoms with E-state index >= 15 is 0 Å². The van der Waals surface area contributed by atoms with Crippen LogP contribution >= 0.6 is 0 Å². The number of carboxylic acids is 2. The second kappa shape index (κ2) is 19.6. The van der Waals surface area contributed by atoms with E-state index in [1.807, 2.05) is 35.8 Å². The lowest BCUT2D eigenvalue weighted by Gasteiger charge is -2.33. The molecular weight excluding hydrogens is 534 g/mol. The van der Waals surface area contributed by atoms with Crippen LogP contribution in [0.2, 0.25) is 0 Å². The monoisotopic (exact) mass is 579 g/mol. The number of carbonyl (C=O) groups is 5. The molecule has 0 spiro atoms. The Morgan fingerprint density at radius 1 is 0.780 bits per heavy atom. The standard InChI is InChI=1S/C27H43N5O6.CH2O2/c1-4-29-9-11-30(13-14-32(20-26(36)37)16-15-31(12-10-29)19-25(34)35)18-24(33)28-17-22-5-7-23(8-6-22)27(38)21(2)3;2-1-3/h5-8,21H,4,9-20H2,1-3H3,(H,28,33)(H,34,35)(H,36,37);1H,(H,2,3). The highest BCUT2D eigenvalue weighted by Crippen LogP contribution is 2.10. The maximum atomic E-state index is 12.8. The van der Waals surface area contributed by atoms with Crippen molar-refractivity contribution in [2.24, 2.45) is 5.92 Å². The normalized spacial score (nSPS) is 16.5. The zero-order chi connectivity index (χ0) is 30.8. The minimum atomic E-state index is -0.940. The summed E-state index contributed by atoms with van der Waals surface area (Å²) in [6, 6.07) is 7.27. The van der Waals surface area contributed by atoms with E-state index in [4.69, 9.17) is 9.90 Å². The minimum Gasteiger partial charge on any atom is -0.483 e. The number of aliphatic carboxylic acids is 2. The maximum absolute atomic E-state index is 12.8. The fourth-order valence-electron chi connectivity index (χ4n) is 4.33. The largest absolute Gasteiger partial charge is 0.483 e. The van der Waals surface area contributed by atoms with Gasteiger partial charge in [-0.05, 0) is 12.1 Å². The zero-order valence-corrected chi connectivity index (χ0v) is 24.3. The Labute approximate surface area is 241 Å². The Bertz CT molecular complexity index is 973. The van der Waals surface area contributed by atoms with Crippen LogP contribution in [0.5, 0.6) is 0 Å². The van der Waals surface area contributed by atoms with Crippen molar-refractivity contribution in [2.75, 3.05) is 78.5 Å². The topological polar surface area (TPSA) is 171 Å². The predicted octanol–water partition coefficient (Wildman–Crippen LogP) is 0.253. The van der Waals surface area contributed by atoms with Gasteiger partial charge in [-0.3, -0.25) is 38.7 Å². The summed E-state index contributed by atoms with van der Waals surface area (Å²) in [5, 5.41) is 28.4. The molecule has 41 heavy (non-hydrogen) atoms. The van der Waals surface area contributed by atoms with Crippen molar-refractivity contribution in [2.45, 2.75) is 27.3 Å². The van der Waals surface area contributed by atoms with Crippen LogP contribution in [0.4, 0.5) is 0 Å². The highest BCUT2D eigenvalue weighted by Gasteiger charge is 2.20. The first-order chi connectivity index (χ1) is 19.5. The van der Waals surface area contributed by atoms with Crippen molar-refractivity contribution in [3.8, 4) is 0 Å². The Hall–Kier alpha value is -3.39. The minimum absolute atomic E-state index is 0.0701. The van der Waals surface area contributed by atoms with E-state index in [9.17, 15) is 29.4 Å². The third kappa shape index (κ3) is 15.3. The molecular formula is C28H45N5O8. The van der Waals surface area contributed by atoms with Gasteiger partial charge >= 0.3 is 11.9 Å². The summed E-state index contributed by atoms with van der Waals surface area (Å²) >= 11 is 0. The maximum Gasteiger partial charge on any atom is 0.317 e. The second-order valence-corrected chi connectivity index (χ2v) is 10.1. The third-order valence-electron chi connectivity index (χ3n) is 6.71. The quantitative estimate of drug-likeness (QED) is 0.208. The van der Waals surface area contributed by atoms with Gasteiger partial charge in [0.25, 0.3) is 6.47 Å². The first-order valence-corrected chi connectivity index (χ1v) is 13.8. The Morgan fingerprint density at radius 3 is 1.54 bits per heavy atom. The van der Waals surface area contributed by atoms with Gasteiger partial charge in [-0.25, -0.2) is 0 Å². The summed E-state index contributed by atoms with van der Waals surface area (Å²) < 4.78 is 0. The molecule has 1 heterocycles. The van der Waals surface area contributed by atoms with Gasteiger partial charge in [-0.2, -0.15) is 0 Å². The van der Waals surface area contributed by atoms with E-state index in [1.54, 1.807) is 17.0 Å². The molecule has 2 rings (SSSR count). The second-order valence-electron chi connectivity index (χ2n) is 10.1. The molecule has 13 nitrogen and oxygen atoms in total. The lowest BCUT2D eigenvalue weighted by molar-refractivity contribution is -0.140. The lowest BCUT2D eigenvalue weighted by atomic mass is 10.00. The number of nitrogens with zero attached hydrogens (tertiary/aromatic N) is 4. The number of ketones is 1. The number of likely N-dealkylation sites (N-methyl/N-ethyl adjacent to an activating group) is 1. The molecule has 1 saturated heterocycles. The van der Waals surface area contributed by atoms with Gasteiger partial charge in [0.1, 0.15) is 0 Å². The first-order valence-electron chi connectivity index (χ1n) is 13.8. The van der Waals surface area contributed by atoms with E-state index in [2.05, 4.69) is 17.1 Å². The third-order valence-corrected chi connectivity index (χ3v) is 6.71. The number of carbonyl (C=O) groups excluding carboxylic acids is 2. The van der Waals surface area contributed by atoms with E-state index < -0.39 is 11.9 Å². The first kappa shape index (κ1) is 35.6. The Balaban J connectivity index is 0.00000268. The fraction of sp³-hybridized carbons (Fsp3) is 0.607. The summed E-state index contributed by atoms with van der Waals surface area (Å²) in [6.45, 7) is 11.1. The SMILES string of the molecule is CCN1CCN(CC(=O)O)CCN(CC(=O)O)CCN(CC(=O)NCc2ccc(C(=O)C(C)C)cc2)CC1.O=CO. The van der Waals surface area contributed by atoms with E-state index in [0.717, 1.165) is 18.7 Å². The fourth-order valence-corrected chi connectivity index (χ4v) is 4.33. The van der Waals surface area contributed by atoms with Crippen molar-refractivity contribution in [1.82, 2.24) is 24.9 Å². The van der Waals surface area contributed by atoms with Crippen LogP contribution in [0.1, 0.15) is 36.7 Å². The summed E-state index contributed by atoms with van der Waals surface area (Å²) in [5.74, 6) is -1.95. The van der Waals surface area contributed by atoms with Crippen molar-refractivity contribution in [3.63, 3.8) is 0 Å². The summed E-state index contributed by atoms with van der Waals surface area (Å²) in [5.41, 5.74) is 1.56. The summed E-state index contributed by atoms with van der Waals surface area (Å²) in [7, 11) is 0. The van der Waals surface area contributed by atoms with Crippen LogP contribution in [-0.4, -0.2) is 144 Å². The number of rotatable bonds is 11. The Kier molecular flexibility index (Phi) is 17.1. The molecule has 0 radical (unpaired) electrons. The molecule has 0 bridgehead atoms. The summed E-state index contributed by atoms with van der Waals surface area (Å²) in [6.07, 6.45) is 0. The van der Waals surface area contributed by atoms with E-state index in [0.29, 0.717) is 57.9 Å². The molecule has 13 heteroatoms. The number of nitrogens with one attached hydrogen (secondary N) is 1. The van der Waals surface area contributed by atoms with Gasteiger partial charge in [0.15, 0.2) is 5.78 Å². The van der Waals surface area contributed by atoms with Crippen LogP contribution in [0.25, 0.3) is 0 Å². The van der Waals surface area contributed by atoms with Gasteiger partial charge < -0.3 is 25.5 Å². The molecule has 1 fully saturated rings. The van der Waals surface area contributed by atoms with E-state index in [1.165, 1.54) is 0 Å². The van der Waals surface area contributed by atoms with Crippen molar-refractivity contribution in [1.29, 1.82) is 0 Å². The molecule has 0 saturated carbocycles.